The summed E-state index contributed by atoms with van der Waals surface area (Å²) in [6, 6.07) is 0. The van der Waals surface area contributed by atoms with Crippen molar-refractivity contribution in [2.24, 2.45) is 11.8 Å². The van der Waals surface area contributed by atoms with Gasteiger partial charge in [0, 0.05) is 17.9 Å². The third kappa shape index (κ3) is 1.19. The maximum absolute atomic E-state index is 12.0. The zero-order valence-corrected chi connectivity index (χ0v) is 10.7. The molecule has 2 aliphatic rings. The first-order valence-electron chi connectivity index (χ1n) is 5.38. The van der Waals surface area contributed by atoms with Crippen molar-refractivity contribution in [3.63, 3.8) is 0 Å². The Morgan fingerprint density at radius 1 is 1.50 bits per heavy atom. The minimum atomic E-state index is 0.104. The fourth-order valence-corrected chi connectivity index (χ4v) is 3.84. The quantitative estimate of drug-likeness (QED) is 0.371. The van der Waals surface area contributed by atoms with E-state index in [1.165, 1.54) is 0 Å². The van der Waals surface area contributed by atoms with Gasteiger partial charge in [-0.15, -0.1) is 9.24 Å². The molecule has 1 amide bonds. The predicted octanol–water partition coefficient (Wildman–Crippen LogP) is -0.962. The fourth-order valence-electron chi connectivity index (χ4n) is 3.25. The summed E-state index contributed by atoms with van der Waals surface area (Å²) < 4.78 is 0. The Morgan fingerprint density at radius 3 is 2.57 bits per heavy atom. The Morgan fingerprint density at radius 2 is 2.07 bits per heavy atom. The molecule has 76 valence electrons. The molecule has 5 heteroatoms. The van der Waals surface area contributed by atoms with Crippen LogP contribution in [0.4, 0.5) is 0 Å². The second-order valence-corrected chi connectivity index (χ2v) is 7.08. The molecule has 2 nitrogen and oxygen atoms in total. The number of rotatable bonds is 0. The van der Waals surface area contributed by atoms with Crippen LogP contribution in [0.5, 0.6) is 0 Å². The van der Waals surface area contributed by atoms with Gasteiger partial charge in [0.05, 0.1) is 0 Å². The van der Waals surface area contributed by atoms with Crippen LogP contribution in [0.25, 0.3) is 0 Å². The van der Waals surface area contributed by atoms with Crippen LogP contribution in [0, 0.1) is 11.8 Å². The highest BCUT2D eigenvalue weighted by Crippen LogP contribution is 2.49. The number of nitrogens with zero attached hydrogens (tertiary/aromatic N) is 1. The van der Waals surface area contributed by atoms with Crippen LogP contribution in [0.15, 0.2) is 0 Å². The van der Waals surface area contributed by atoms with Crippen molar-refractivity contribution < 1.29 is 4.79 Å². The number of amides is 1. The maximum Gasteiger partial charge on any atom is 0.225 e. The van der Waals surface area contributed by atoms with Gasteiger partial charge in [-0.05, 0) is 17.4 Å². The van der Waals surface area contributed by atoms with E-state index in [0.717, 1.165) is 13.0 Å². The number of hydrogen-bond donors (Lipinski definition) is 0. The lowest BCUT2D eigenvalue weighted by atomic mass is 9.63. The van der Waals surface area contributed by atoms with E-state index < -0.39 is 0 Å². The lowest BCUT2D eigenvalue weighted by Gasteiger charge is -2.32. The first kappa shape index (κ1) is 10.5. The molecule has 5 atom stereocenters. The number of hydrogen-bond acceptors (Lipinski definition) is 1. The topological polar surface area (TPSA) is 20.3 Å². The number of fused-ring (bicyclic) bond motifs is 1. The molecule has 0 saturated carbocycles. The summed E-state index contributed by atoms with van der Waals surface area (Å²) in [5, 5.41) is 0.221. The molecule has 0 radical (unpaired) electrons. The Labute approximate surface area is 90.2 Å². The molecule has 0 aromatic carbocycles. The summed E-state index contributed by atoms with van der Waals surface area (Å²) in [7, 11) is 7.38. The monoisotopic (exact) mass is 209 g/mol. The van der Waals surface area contributed by atoms with Crippen LogP contribution in [0.1, 0.15) is 20.3 Å². The normalized spacial score (nSPS) is 52.5. The zero-order chi connectivity index (χ0) is 10.7. The molecule has 0 aromatic heterocycles. The zero-order valence-electron chi connectivity index (χ0n) is 9.50. The van der Waals surface area contributed by atoms with Gasteiger partial charge in [-0.25, -0.2) is 0 Å². The SMILES string of the molecule is BC1(P)CN2C(=O)C(C)C(C)C2(B)C1. The van der Waals surface area contributed by atoms with Gasteiger partial charge < -0.3 is 4.90 Å². The summed E-state index contributed by atoms with van der Waals surface area (Å²) in [5.41, 5.74) is 0.104. The third-order valence-corrected chi connectivity index (χ3v) is 4.67. The van der Waals surface area contributed by atoms with Crippen molar-refractivity contribution in [2.75, 3.05) is 6.54 Å². The fraction of sp³-hybridized carbons (Fsp3) is 0.889. The lowest BCUT2D eigenvalue weighted by molar-refractivity contribution is -0.131. The van der Waals surface area contributed by atoms with Crippen molar-refractivity contribution in [3.05, 3.63) is 0 Å². The summed E-state index contributed by atoms with van der Waals surface area (Å²) in [6.45, 7) is 5.19. The highest BCUT2D eigenvalue weighted by molar-refractivity contribution is 7.22. The van der Waals surface area contributed by atoms with E-state index in [1.54, 1.807) is 0 Å². The lowest BCUT2D eigenvalue weighted by Crippen LogP contribution is -2.43. The van der Waals surface area contributed by atoms with E-state index in [4.69, 9.17) is 0 Å². The molecule has 2 saturated heterocycles. The van der Waals surface area contributed by atoms with Crippen molar-refractivity contribution >= 4 is 30.8 Å². The minimum absolute atomic E-state index is 0.104. The molecule has 2 aliphatic heterocycles. The van der Waals surface area contributed by atoms with Crippen molar-refractivity contribution in [1.29, 1.82) is 0 Å². The molecular formula is C9H18B2NOP. The molecule has 2 rings (SSSR count). The minimum Gasteiger partial charge on any atom is -0.344 e. The van der Waals surface area contributed by atoms with Crippen molar-refractivity contribution in [1.82, 2.24) is 4.90 Å². The van der Waals surface area contributed by atoms with Crippen molar-refractivity contribution in [3.8, 4) is 0 Å². The molecule has 0 aromatic rings. The van der Waals surface area contributed by atoms with E-state index >= 15 is 0 Å². The van der Waals surface area contributed by atoms with Crippen LogP contribution in [-0.4, -0.2) is 43.5 Å². The molecule has 5 unspecified atom stereocenters. The van der Waals surface area contributed by atoms with E-state index in [-0.39, 0.29) is 16.4 Å². The van der Waals surface area contributed by atoms with Crippen LogP contribution < -0.4 is 0 Å². The highest BCUT2D eigenvalue weighted by Gasteiger charge is 2.58. The molecule has 0 bridgehead atoms. The van der Waals surface area contributed by atoms with Gasteiger partial charge in [0.15, 0.2) is 0 Å². The molecule has 2 heterocycles. The summed E-state index contributed by atoms with van der Waals surface area (Å²) in [4.78, 5) is 14.1. The predicted molar refractivity (Wildman–Crippen MR) is 66.9 cm³/mol. The standard InChI is InChI=1S/C9H18B2NOP/c1-5-6(2)9(11)3-8(10,14)4-12(9)7(5)13/h5-6H,3-4,10-11,14H2,1-2H3. The highest BCUT2D eigenvalue weighted by atomic mass is 31.0. The van der Waals surface area contributed by atoms with Crippen LogP contribution in [0.3, 0.4) is 0 Å². The molecule has 0 aliphatic carbocycles. The smallest absolute Gasteiger partial charge is 0.225 e. The second kappa shape index (κ2) is 2.78. The van der Waals surface area contributed by atoms with E-state index in [1.807, 2.05) is 0 Å². The number of carbonyl (C=O) groups is 1. The van der Waals surface area contributed by atoms with Crippen LogP contribution >= 0.6 is 9.24 Å². The summed E-state index contributed by atoms with van der Waals surface area (Å²) in [6.07, 6.45) is 1.11. The van der Waals surface area contributed by atoms with E-state index in [9.17, 15) is 4.79 Å². The Bertz CT molecular complexity index is 297. The molecule has 14 heavy (non-hydrogen) atoms. The van der Waals surface area contributed by atoms with Gasteiger partial charge >= 0.3 is 0 Å². The average Bonchev–Trinajstić information content (AvgIpc) is 2.39. The van der Waals surface area contributed by atoms with Gasteiger partial charge in [0.1, 0.15) is 15.7 Å². The van der Waals surface area contributed by atoms with E-state index in [0.29, 0.717) is 11.8 Å². The van der Waals surface area contributed by atoms with Gasteiger partial charge in [-0.3, -0.25) is 4.79 Å². The maximum atomic E-state index is 12.0. The first-order chi connectivity index (χ1) is 6.28. The summed E-state index contributed by atoms with van der Waals surface area (Å²) in [5.74, 6) is 1.05. The van der Waals surface area contributed by atoms with Gasteiger partial charge in [-0.1, -0.05) is 13.8 Å². The molecule has 0 spiro atoms. The van der Waals surface area contributed by atoms with Gasteiger partial charge in [0.2, 0.25) is 5.91 Å². The number of carbonyl (C=O) groups excluding carboxylic acids is 1. The molecule has 0 N–H and O–H groups in total. The third-order valence-electron chi connectivity index (χ3n) is 4.28. The van der Waals surface area contributed by atoms with Gasteiger partial charge in [-0.2, -0.15) is 0 Å². The Balaban J connectivity index is 2.37. The largest absolute Gasteiger partial charge is 0.344 e. The van der Waals surface area contributed by atoms with Crippen LogP contribution in [-0.2, 0) is 4.79 Å². The first-order valence-corrected chi connectivity index (χ1v) is 5.96. The summed E-state index contributed by atoms with van der Waals surface area (Å²) >= 11 is 0. The Hall–Kier alpha value is 0.0299. The molecule has 2 fully saturated rings. The molecular weight excluding hydrogens is 191 g/mol. The Kier molecular flexibility index (Phi) is 2.10. The van der Waals surface area contributed by atoms with Crippen LogP contribution in [0.2, 0.25) is 0 Å². The second-order valence-electron chi connectivity index (χ2n) is 5.69. The van der Waals surface area contributed by atoms with Crippen molar-refractivity contribution in [2.45, 2.75) is 30.8 Å². The average molecular weight is 209 g/mol. The van der Waals surface area contributed by atoms with Gasteiger partial charge in [0.25, 0.3) is 0 Å². The van der Waals surface area contributed by atoms with E-state index in [2.05, 4.69) is 43.7 Å².